The summed E-state index contributed by atoms with van der Waals surface area (Å²) in [6.45, 7) is 1.29. The lowest BCUT2D eigenvalue weighted by Crippen LogP contribution is -2.14. The van der Waals surface area contributed by atoms with Crippen LogP contribution in [0.25, 0.3) is 0 Å². The fraction of sp³-hybridized carbons (Fsp3) is 0.154. The Bertz CT molecular complexity index is 640. The smallest absolute Gasteiger partial charge is 0.308 e. The Balaban J connectivity index is 2.18. The first-order chi connectivity index (χ1) is 9.60. The summed E-state index contributed by atoms with van der Waals surface area (Å²) in [5, 5.41) is 3.20. The molecule has 1 N–H and O–H groups in total. The third kappa shape index (κ3) is 3.58. The van der Waals surface area contributed by atoms with Crippen molar-refractivity contribution < 1.29 is 14.3 Å². The van der Waals surface area contributed by atoms with Crippen molar-refractivity contribution in [3.8, 4) is 5.75 Å². The molecule has 0 saturated carbocycles. The van der Waals surface area contributed by atoms with Gasteiger partial charge < -0.3 is 4.74 Å². The van der Waals surface area contributed by atoms with Gasteiger partial charge >= 0.3 is 5.97 Å². The van der Waals surface area contributed by atoms with Gasteiger partial charge in [0.15, 0.2) is 5.13 Å². The first-order valence-electron chi connectivity index (χ1n) is 5.68. The molecule has 1 aromatic carbocycles. The molecule has 104 valence electrons. The van der Waals surface area contributed by atoms with Crippen molar-refractivity contribution in [1.82, 2.24) is 4.98 Å². The number of ether oxygens (including phenoxy) is 1. The number of esters is 1. The number of aromatic nitrogens is 1. The molecule has 5 nitrogen and oxygen atoms in total. The number of anilines is 1. The molecule has 20 heavy (non-hydrogen) atoms. The molecule has 0 radical (unpaired) electrons. The van der Waals surface area contributed by atoms with Gasteiger partial charge in [0.2, 0.25) is 0 Å². The maximum Gasteiger partial charge on any atom is 0.308 e. The molecule has 0 aliphatic heterocycles. The summed E-state index contributed by atoms with van der Waals surface area (Å²) in [6, 6.07) is 6.57. The summed E-state index contributed by atoms with van der Waals surface area (Å²) in [5.41, 5.74) is 0.295. The number of benzene rings is 1. The summed E-state index contributed by atoms with van der Waals surface area (Å²) >= 11 is 2.95. The number of amides is 1. The van der Waals surface area contributed by atoms with Gasteiger partial charge in [-0.25, -0.2) is 4.98 Å². The van der Waals surface area contributed by atoms with Crippen molar-refractivity contribution >= 4 is 40.1 Å². The van der Waals surface area contributed by atoms with Crippen LogP contribution in [0.5, 0.6) is 5.75 Å². The summed E-state index contributed by atoms with van der Waals surface area (Å²) in [7, 11) is 0. The topological polar surface area (TPSA) is 68.3 Å². The number of thioether (sulfide) groups is 1. The molecule has 2 rings (SSSR count). The highest BCUT2D eigenvalue weighted by molar-refractivity contribution is 8.00. The number of nitrogens with zero attached hydrogens (tertiary/aromatic N) is 1. The van der Waals surface area contributed by atoms with Crippen LogP contribution >= 0.6 is 23.1 Å². The van der Waals surface area contributed by atoms with E-state index in [0.717, 1.165) is 4.21 Å². The Labute approximate surface area is 124 Å². The second-order valence-corrected chi connectivity index (χ2v) is 5.87. The van der Waals surface area contributed by atoms with E-state index in [1.54, 1.807) is 42.2 Å². The van der Waals surface area contributed by atoms with E-state index in [0.29, 0.717) is 10.7 Å². The van der Waals surface area contributed by atoms with Crippen molar-refractivity contribution in [3.05, 3.63) is 36.0 Å². The standard InChI is InChI=1S/C13H12N2O3S2/c1-8(16)18-10-6-4-3-5-9(10)12(17)15-13-14-7-11(19-2)20-13/h3-7H,1-2H3,(H,14,15,17). The number of carbonyl (C=O) groups excluding carboxylic acids is 2. The van der Waals surface area contributed by atoms with Gasteiger partial charge in [0.05, 0.1) is 16.0 Å². The van der Waals surface area contributed by atoms with Crippen LogP contribution in [0.15, 0.2) is 34.7 Å². The van der Waals surface area contributed by atoms with Crippen LogP contribution in [0.1, 0.15) is 17.3 Å². The molecule has 1 heterocycles. The number of hydrogen-bond donors (Lipinski definition) is 1. The lowest BCUT2D eigenvalue weighted by atomic mass is 10.2. The Morgan fingerprint density at radius 1 is 1.35 bits per heavy atom. The second kappa shape index (κ2) is 6.53. The molecular formula is C13H12N2O3S2. The largest absolute Gasteiger partial charge is 0.426 e. The molecule has 0 saturated heterocycles. The van der Waals surface area contributed by atoms with E-state index in [4.69, 9.17) is 4.74 Å². The van der Waals surface area contributed by atoms with Crippen molar-refractivity contribution in [2.75, 3.05) is 11.6 Å². The highest BCUT2D eigenvalue weighted by atomic mass is 32.2. The monoisotopic (exact) mass is 308 g/mol. The minimum absolute atomic E-state index is 0.235. The molecule has 0 aliphatic rings. The van der Waals surface area contributed by atoms with E-state index in [1.165, 1.54) is 18.3 Å². The van der Waals surface area contributed by atoms with Crippen LogP contribution in [0.2, 0.25) is 0 Å². The van der Waals surface area contributed by atoms with Gasteiger partial charge in [-0.1, -0.05) is 23.5 Å². The first kappa shape index (κ1) is 14.5. The minimum Gasteiger partial charge on any atom is -0.426 e. The molecule has 1 amide bonds. The van der Waals surface area contributed by atoms with E-state index in [1.807, 2.05) is 6.26 Å². The zero-order valence-electron chi connectivity index (χ0n) is 10.9. The number of nitrogens with one attached hydrogen (secondary N) is 1. The van der Waals surface area contributed by atoms with Gasteiger partial charge in [0, 0.05) is 6.92 Å². The molecule has 7 heteroatoms. The quantitative estimate of drug-likeness (QED) is 0.534. The van der Waals surface area contributed by atoms with Crippen LogP contribution in [0.4, 0.5) is 5.13 Å². The van der Waals surface area contributed by atoms with Gasteiger partial charge in [-0.3, -0.25) is 14.9 Å². The molecule has 2 aromatic rings. The molecule has 0 atom stereocenters. The molecular weight excluding hydrogens is 296 g/mol. The fourth-order valence-corrected chi connectivity index (χ4v) is 2.75. The highest BCUT2D eigenvalue weighted by Crippen LogP contribution is 2.27. The summed E-state index contributed by atoms with van der Waals surface area (Å²) in [5.74, 6) is -0.591. The van der Waals surface area contributed by atoms with Gasteiger partial charge in [-0.2, -0.15) is 0 Å². The lowest BCUT2D eigenvalue weighted by molar-refractivity contribution is -0.131. The zero-order chi connectivity index (χ0) is 14.5. The maximum atomic E-state index is 12.2. The van der Waals surface area contributed by atoms with E-state index in [-0.39, 0.29) is 11.7 Å². The Hall–Kier alpha value is -1.86. The Kier molecular flexibility index (Phi) is 4.75. The summed E-state index contributed by atoms with van der Waals surface area (Å²) < 4.78 is 6.02. The third-order valence-electron chi connectivity index (χ3n) is 2.29. The van der Waals surface area contributed by atoms with Crippen LogP contribution in [-0.4, -0.2) is 23.1 Å². The van der Waals surface area contributed by atoms with Gasteiger partial charge in [-0.05, 0) is 18.4 Å². The average molecular weight is 308 g/mol. The van der Waals surface area contributed by atoms with Crippen LogP contribution in [0.3, 0.4) is 0 Å². The molecule has 0 fully saturated rings. The van der Waals surface area contributed by atoms with Gasteiger partial charge in [0.1, 0.15) is 5.75 Å². The van der Waals surface area contributed by atoms with E-state index >= 15 is 0 Å². The van der Waals surface area contributed by atoms with Gasteiger partial charge in [-0.15, -0.1) is 11.8 Å². The number of carbonyl (C=O) groups is 2. The Morgan fingerprint density at radius 2 is 2.10 bits per heavy atom. The second-order valence-electron chi connectivity index (χ2n) is 3.73. The number of thiazole rings is 1. The Morgan fingerprint density at radius 3 is 2.75 bits per heavy atom. The van der Waals surface area contributed by atoms with Crippen LogP contribution < -0.4 is 10.1 Å². The predicted molar refractivity (Wildman–Crippen MR) is 79.6 cm³/mol. The maximum absolute atomic E-state index is 12.2. The fourth-order valence-electron chi connectivity index (χ4n) is 1.47. The highest BCUT2D eigenvalue weighted by Gasteiger charge is 2.15. The van der Waals surface area contributed by atoms with Crippen molar-refractivity contribution in [2.24, 2.45) is 0 Å². The minimum atomic E-state index is -0.468. The number of para-hydroxylation sites is 1. The van der Waals surface area contributed by atoms with Crippen molar-refractivity contribution in [1.29, 1.82) is 0 Å². The first-order valence-corrected chi connectivity index (χ1v) is 7.73. The average Bonchev–Trinajstić information content (AvgIpc) is 2.86. The van der Waals surface area contributed by atoms with E-state index in [2.05, 4.69) is 10.3 Å². The SMILES string of the molecule is CSc1cnc(NC(=O)c2ccccc2OC(C)=O)s1. The van der Waals surface area contributed by atoms with Crippen LogP contribution in [0, 0.1) is 0 Å². The summed E-state index contributed by atoms with van der Waals surface area (Å²) in [4.78, 5) is 27.3. The normalized spacial score (nSPS) is 10.1. The molecule has 0 unspecified atom stereocenters. The molecule has 0 aliphatic carbocycles. The van der Waals surface area contributed by atoms with Crippen LogP contribution in [-0.2, 0) is 4.79 Å². The molecule has 0 spiro atoms. The lowest BCUT2D eigenvalue weighted by Gasteiger charge is -2.07. The summed E-state index contributed by atoms with van der Waals surface area (Å²) in [6.07, 6.45) is 3.64. The molecule has 0 bridgehead atoms. The van der Waals surface area contributed by atoms with E-state index < -0.39 is 5.97 Å². The molecule has 1 aromatic heterocycles. The van der Waals surface area contributed by atoms with Crippen molar-refractivity contribution in [3.63, 3.8) is 0 Å². The van der Waals surface area contributed by atoms with Crippen molar-refractivity contribution in [2.45, 2.75) is 11.1 Å². The number of rotatable bonds is 4. The van der Waals surface area contributed by atoms with Gasteiger partial charge in [0.25, 0.3) is 5.91 Å². The zero-order valence-corrected chi connectivity index (χ0v) is 12.5. The van der Waals surface area contributed by atoms with E-state index in [9.17, 15) is 9.59 Å². The number of hydrogen-bond acceptors (Lipinski definition) is 6. The third-order valence-corrected chi connectivity index (χ3v) is 4.26. The predicted octanol–water partition coefficient (Wildman–Crippen LogP) is 3.04.